The highest BCUT2D eigenvalue weighted by Crippen LogP contribution is 2.47. The van der Waals surface area contributed by atoms with Crippen molar-refractivity contribution >= 4 is 22.2 Å². The molecular weight excluding hydrogens is 342 g/mol. The predicted molar refractivity (Wildman–Crippen MR) is 95.0 cm³/mol. The first kappa shape index (κ1) is 18.2. The maximum Gasteiger partial charge on any atom is 0.281 e. The molecule has 2 atom stereocenters. The van der Waals surface area contributed by atoms with Gasteiger partial charge in [0.05, 0.1) is 0 Å². The van der Waals surface area contributed by atoms with Gasteiger partial charge in [0.1, 0.15) is 11.5 Å². The van der Waals surface area contributed by atoms with Crippen LogP contribution in [0.25, 0.3) is 6.08 Å². The van der Waals surface area contributed by atoms with Gasteiger partial charge < -0.3 is 9.32 Å². The van der Waals surface area contributed by atoms with E-state index in [1.54, 1.807) is 11.0 Å². The van der Waals surface area contributed by atoms with Crippen LogP contribution in [0.5, 0.6) is 0 Å². The molecule has 1 aromatic heterocycles. The van der Waals surface area contributed by atoms with Crippen LogP contribution in [0.2, 0.25) is 0 Å². The van der Waals surface area contributed by atoms with Gasteiger partial charge in [-0.05, 0) is 30.5 Å². The molecule has 1 saturated carbocycles. The Morgan fingerprint density at radius 2 is 1.88 bits per heavy atom. The fourth-order valence-corrected chi connectivity index (χ4v) is 4.09. The van der Waals surface area contributed by atoms with Crippen LogP contribution in [-0.2, 0) is 15.0 Å². The Kier molecular flexibility index (Phi) is 5.04. The minimum absolute atomic E-state index is 0.125. The molecule has 7 nitrogen and oxygen atoms in total. The fraction of sp³-hybridized carbons (Fsp3) is 0.588. The van der Waals surface area contributed by atoms with E-state index in [1.807, 2.05) is 12.1 Å². The summed E-state index contributed by atoms with van der Waals surface area (Å²) < 4.78 is 32.5. The van der Waals surface area contributed by atoms with Crippen LogP contribution in [0.3, 0.4) is 0 Å². The zero-order valence-corrected chi connectivity index (χ0v) is 15.7. The Balaban J connectivity index is 1.53. The van der Waals surface area contributed by atoms with E-state index < -0.39 is 10.2 Å². The fourth-order valence-electron chi connectivity index (χ4n) is 3.00. The highest BCUT2D eigenvalue weighted by atomic mass is 32.2. The molecular formula is C17H25N3O4S. The van der Waals surface area contributed by atoms with Gasteiger partial charge in [0.2, 0.25) is 5.91 Å². The van der Waals surface area contributed by atoms with E-state index in [0.29, 0.717) is 43.8 Å². The molecule has 25 heavy (non-hydrogen) atoms. The number of hydrogen-bond donors (Lipinski definition) is 0. The smallest absolute Gasteiger partial charge is 0.281 e. The maximum atomic E-state index is 12.3. The standard InChI is InChI=1S/C17H25N3O4S/c1-13-12-15(13)16-6-4-14(24-16)5-7-17(21)19-8-10-20(11-9-19)25(22,23)18(2)3/h4-7,13,15H,8-12H2,1-3H3. The van der Waals surface area contributed by atoms with Gasteiger partial charge >= 0.3 is 0 Å². The van der Waals surface area contributed by atoms with E-state index in [9.17, 15) is 13.2 Å². The van der Waals surface area contributed by atoms with Crippen LogP contribution in [0.15, 0.2) is 22.6 Å². The van der Waals surface area contributed by atoms with Gasteiger partial charge in [-0.25, -0.2) is 0 Å². The van der Waals surface area contributed by atoms with E-state index in [-0.39, 0.29) is 5.91 Å². The number of furan rings is 1. The molecule has 1 aliphatic carbocycles. The highest BCUT2D eigenvalue weighted by Gasteiger charge is 2.36. The van der Waals surface area contributed by atoms with Gasteiger partial charge in [-0.2, -0.15) is 17.0 Å². The highest BCUT2D eigenvalue weighted by molar-refractivity contribution is 7.86. The molecule has 1 aliphatic heterocycles. The van der Waals surface area contributed by atoms with Crippen LogP contribution >= 0.6 is 0 Å². The molecule has 1 amide bonds. The van der Waals surface area contributed by atoms with Crippen molar-refractivity contribution in [1.82, 2.24) is 13.5 Å². The van der Waals surface area contributed by atoms with Crippen LogP contribution in [0.4, 0.5) is 0 Å². The van der Waals surface area contributed by atoms with Crippen molar-refractivity contribution in [3.63, 3.8) is 0 Å². The summed E-state index contributed by atoms with van der Waals surface area (Å²) in [6.07, 6.45) is 4.34. The van der Waals surface area contributed by atoms with Crippen molar-refractivity contribution in [1.29, 1.82) is 0 Å². The molecule has 3 rings (SSSR count). The number of rotatable bonds is 5. The molecule has 0 radical (unpaired) electrons. The molecule has 138 valence electrons. The van der Waals surface area contributed by atoms with E-state index in [4.69, 9.17) is 4.42 Å². The summed E-state index contributed by atoms with van der Waals surface area (Å²) in [5, 5.41) is 0. The first-order valence-corrected chi connectivity index (χ1v) is 9.93. The predicted octanol–water partition coefficient (Wildman–Crippen LogP) is 1.37. The molecule has 2 aliphatic rings. The Morgan fingerprint density at radius 3 is 2.44 bits per heavy atom. The normalized spacial score (nSPS) is 25.0. The monoisotopic (exact) mass is 367 g/mol. The minimum Gasteiger partial charge on any atom is -0.461 e. The van der Waals surface area contributed by atoms with Gasteiger partial charge in [0, 0.05) is 52.3 Å². The summed E-state index contributed by atoms with van der Waals surface area (Å²) >= 11 is 0. The SMILES string of the molecule is CC1CC1c1ccc(C=CC(=O)N2CCN(S(=O)(=O)N(C)C)CC2)o1. The molecule has 8 heteroatoms. The minimum atomic E-state index is -3.41. The van der Waals surface area contributed by atoms with Crippen molar-refractivity contribution in [2.45, 2.75) is 19.3 Å². The van der Waals surface area contributed by atoms with Gasteiger partial charge in [0.25, 0.3) is 10.2 Å². The zero-order chi connectivity index (χ0) is 18.2. The molecule has 0 aromatic carbocycles. The number of piperazine rings is 1. The van der Waals surface area contributed by atoms with Crippen molar-refractivity contribution in [2.75, 3.05) is 40.3 Å². The van der Waals surface area contributed by atoms with Gasteiger partial charge in [-0.15, -0.1) is 0 Å². The molecule has 0 spiro atoms. The Bertz CT molecular complexity index is 761. The Morgan fingerprint density at radius 1 is 1.24 bits per heavy atom. The van der Waals surface area contributed by atoms with Gasteiger partial charge in [-0.3, -0.25) is 4.79 Å². The molecule has 2 fully saturated rings. The summed E-state index contributed by atoms with van der Waals surface area (Å²) in [5.41, 5.74) is 0. The first-order valence-electron chi connectivity index (χ1n) is 8.53. The third-order valence-electron chi connectivity index (χ3n) is 4.85. The second-order valence-corrected chi connectivity index (χ2v) is 9.05. The second kappa shape index (κ2) is 6.93. The van der Waals surface area contributed by atoms with Crippen LogP contribution < -0.4 is 0 Å². The Hall–Kier alpha value is -1.64. The van der Waals surface area contributed by atoms with E-state index in [1.165, 1.54) is 28.8 Å². The summed E-state index contributed by atoms with van der Waals surface area (Å²) in [4.78, 5) is 13.9. The quantitative estimate of drug-likeness (QED) is 0.737. The number of carbonyl (C=O) groups is 1. The van der Waals surface area contributed by atoms with Crippen molar-refractivity contribution < 1.29 is 17.6 Å². The summed E-state index contributed by atoms with van der Waals surface area (Å²) in [6, 6.07) is 3.86. The largest absolute Gasteiger partial charge is 0.461 e. The summed E-state index contributed by atoms with van der Waals surface area (Å²) in [5.74, 6) is 2.74. The number of nitrogens with zero attached hydrogens (tertiary/aromatic N) is 3. The lowest BCUT2D eigenvalue weighted by Crippen LogP contribution is -2.52. The second-order valence-electron chi connectivity index (χ2n) is 6.91. The van der Waals surface area contributed by atoms with Crippen LogP contribution in [-0.4, -0.2) is 68.1 Å². The summed E-state index contributed by atoms with van der Waals surface area (Å²) in [6.45, 7) is 3.59. The van der Waals surface area contributed by atoms with Crippen molar-refractivity contribution in [3.05, 3.63) is 29.7 Å². The molecule has 1 saturated heterocycles. The lowest BCUT2D eigenvalue weighted by molar-refractivity contribution is -0.127. The van der Waals surface area contributed by atoms with E-state index in [2.05, 4.69) is 6.92 Å². The van der Waals surface area contributed by atoms with Gasteiger partial charge in [-0.1, -0.05) is 6.92 Å². The lowest BCUT2D eigenvalue weighted by Gasteiger charge is -2.34. The molecule has 2 heterocycles. The van der Waals surface area contributed by atoms with Crippen molar-refractivity contribution in [3.8, 4) is 0 Å². The molecule has 0 bridgehead atoms. The molecule has 1 aromatic rings. The zero-order valence-electron chi connectivity index (χ0n) is 14.9. The number of carbonyl (C=O) groups excluding carboxylic acids is 1. The van der Waals surface area contributed by atoms with E-state index in [0.717, 1.165) is 12.2 Å². The topological polar surface area (TPSA) is 74.1 Å². The molecule has 2 unspecified atom stereocenters. The van der Waals surface area contributed by atoms with Crippen LogP contribution in [0.1, 0.15) is 30.8 Å². The number of hydrogen-bond acceptors (Lipinski definition) is 4. The average Bonchev–Trinajstić information content (AvgIpc) is 3.13. The Labute approximate surface area is 149 Å². The lowest BCUT2D eigenvalue weighted by atomic mass is 10.3. The molecule has 0 N–H and O–H groups in total. The number of amides is 1. The van der Waals surface area contributed by atoms with E-state index >= 15 is 0 Å². The average molecular weight is 367 g/mol. The van der Waals surface area contributed by atoms with Gasteiger partial charge in [0.15, 0.2) is 0 Å². The van der Waals surface area contributed by atoms with Crippen LogP contribution in [0, 0.1) is 5.92 Å². The summed E-state index contributed by atoms with van der Waals surface area (Å²) in [7, 11) is -0.394. The first-order chi connectivity index (χ1) is 11.8. The third-order valence-corrected chi connectivity index (χ3v) is 6.79. The maximum absolute atomic E-state index is 12.3. The third kappa shape index (κ3) is 3.96. The van der Waals surface area contributed by atoms with Crippen molar-refractivity contribution in [2.24, 2.45) is 5.92 Å².